The van der Waals surface area contributed by atoms with Gasteiger partial charge in [-0.25, -0.2) is 0 Å². The summed E-state index contributed by atoms with van der Waals surface area (Å²) in [5, 5.41) is 0. The van der Waals surface area contributed by atoms with Crippen LogP contribution in [0.15, 0.2) is 6.07 Å². The van der Waals surface area contributed by atoms with Crippen LogP contribution in [0.5, 0.6) is 11.5 Å². The maximum Gasteiger partial charge on any atom is 0.125 e. The molecule has 18 heavy (non-hydrogen) atoms. The molecule has 3 rings (SSSR count). The van der Waals surface area contributed by atoms with Gasteiger partial charge in [-0.1, -0.05) is 0 Å². The highest BCUT2D eigenvalue weighted by atomic mass is 16.5. The molecule has 0 bridgehead atoms. The van der Waals surface area contributed by atoms with Gasteiger partial charge in [0.2, 0.25) is 0 Å². The van der Waals surface area contributed by atoms with E-state index in [1.54, 1.807) is 14.2 Å². The van der Waals surface area contributed by atoms with Crippen LogP contribution in [0.4, 0.5) is 0 Å². The minimum Gasteiger partial charge on any atom is -0.496 e. The summed E-state index contributed by atoms with van der Waals surface area (Å²) in [6, 6.07) is 2.13. The van der Waals surface area contributed by atoms with Crippen LogP contribution in [0.2, 0.25) is 0 Å². The molecule has 0 heterocycles. The van der Waals surface area contributed by atoms with Crippen molar-refractivity contribution in [3.8, 4) is 11.5 Å². The molecule has 0 aromatic heterocycles. The van der Waals surface area contributed by atoms with E-state index in [-0.39, 0.29) is 5.54 Å². The van der Waals surface area contributed by atoms with Gasteiger partial charge in [0.25, 0.3) is 0 Å². The first-order chi connectivity index (χ1) is 8.67. The van der Waals surface area contributed by atoms with Gasteiger partial charge in [-0.2, -0.15) is 0 Å². The van der Waals surface area contributed by atoms with E-state index < -0.39 is 0 Å². The van der Waals surface area contributed by atoms with Crippen LogP contribution in [-0.4, -0.2) is 19.8 Å². The number of rotatable bonds is 4. The molecule has 0 atom stereocenters. The van der Waals surface area contributed by atoms with Crippen LogP contribution in [-0.2, 0) is 19.3 Å². The maximum absolute atomic E-state index is 6.24. The fourth-order valence-electron chi connectivity index (χ4n) is 3.06. The molecule has 1 aromatic rings. The molecule has 0 spiro atoms. The molecule has 1 aromatic carbocycles. The van der Waals surface area contributed by atoms with E-state index in [2.05, 4.69) is 6.07 Å². The summed E-state index contributed by atoms with van der Waals surface area (Å²) < 4.78 is 11.2. The molecular weight excluding hydrogens is 226 g/mol. The first-order valence-corrected chi connectivity index (χ1v) is 6.71. The zero-order valence-electron chi connectivity index (χ0n) is 11.2. The highest BCUT2D eigenvalue weighted by Crippen LogP contribution is 2.44. The largest absolute Gasteiger partial charge is 0.496 e. The van der Waals surface area contributed by atoms with Crippen molar-refractivity contribution in [2.75, 3.05) is 14.2 Å². The van der Waals surface area contributed by atoms with Crippen molar-refractivity contribution in [2.24, 2.45) is 5.73 Å². The third kappa shape index (κ3) is 1.87. The van der Waals surface area contributed by atoms with Crippen molar-refractivity contribution in [1.29, 1.82) is 0 Å². The number of nitrogens with two attached hydrogens (primary N) is 1. The normalized spacial score (nSPS) is 19.5. The molecule has 2 aliphatic rings. The second-order valence-corrected chi connectivity index (χ2v) is 5.62. The van der Waals surface area contributed by atoms with E-state index in [0.29, 0.717) is 0 Å². The van der Waals surface area contributed by atoms with Crippen LogP contribution >= 0.6 is 0 Å². The van der Waals surface area contributed by atoms with E-state index in [4.69, 9.17) is 15.2 Å². The molecule has 1 saturated carbocycles. The zero-order chi connectivity index (χ0) is 12.8. The molecule has 2 N–H and O–H groups in total. The molecule has 0 amide bonds. The maximum atomic E-state index is 6.24. The molecule has 0 unspecified atom stereocenters. The Morgan fingerprint density at radius 3 is 2.50 bits per heavy atom. The van der Waals surface area contributed by atoms with Gasteiger partial charge in [-0.15, -0.1) is 0 Å². The fraction of sp³-hybridized carbons (Fsp3) is 0.600. The van der Waals surface area contributed by atoms with E-state index in [1.165, 1.54) is 23.1 Å². The SMILES string of the molecule is COc1cc(CC2(N)CC2)c(OC)c2c1CCC2. The van der Waals surface area contributed by atoms with Crippen molar-refractivity contribution in [3.63, 3.8) is 0 Å². The molecule has 2 aliphatic carbocycles. The van der Waals surface area contributed by atoms with Crippen molar-refractivity contribution in [2.45, 2.75) is 44.1 Å². The lowest BCUT2D eigenvalue weighted by atomic mass is 9.97. The predicted octanol–water partition coefficient (Wildman–Crippen LogP) is 2.23. The average molecular weight is 247 g/mol. The summed E-state index contributed by atoms with van der Waals surface area (Å²) >= 11 is 0. The van der Waals surface area contributed by atoms with E-state index in [0.717, 1.165) is 43.6 Å². The average Bonchev–Trinajstić information content (AvgIpc) is 2.90. The number of hydrogen-bond donors (Lipinski definition) is 1. The van der Waals surface area contributed by atoms with Crippen LogP contribution in [0.25, 0.3) is 0 Å². The van der Waals surface area contributed by atoms with E-state index in [9.17, 15) is 0 Å². The minimum atomic E-state index is 0.00509. The van der Waals surface area contributed by atoms with Gasteiger partial charge < -0.3 is 15.2 Å². The van der Waals surface area contributed by atoms with Crippen LogP contribution in [0.1, 0.15) is 36.0 Å². The molecule has 3 heteroatoms. The Morgan fingerprint density at radius 2 is 1.89 bits per heavy atom. The lowest BCUT2D eigenvalue weighted by molar-refractivity contribution is 0.391. The monoisotopic (exact) mass is 247 g/mol. The third-order valence-electron chi connectivity index (χ3n) is 4.25. The van der Waals surface area contributed by atoms with Crippen molar-refractivity contribution in [3.05, 3.63) is 22.8 Å². The standard InChI is InChI=1S/C15H21NO2/c1-17-13-8-10(9-15(16)6-7-15)14(18-2)12-5-3-4-11(12)13/h8H,3-7,9,16H2,1-2H3. The van der Waals surface area contributed by atoms with Gasteiger partial charge in [0.05, 0.1) is 14.2 Å². The second-order valence-electron chi connectivity index (χ2n) is 5.62. The van der Waals surface area contributed by atoms with Gasteiger partial charge in [-0.3, -0.25) is 0 Å². The Balaban J connectivity index is 2.06. The van der Waals surface area contributed by atoms with Gasteiger partial charge in [0.15, 0.2) is 0 Å². The number of methoxy groups -OCH3 is 2. The first-order valence-electron chi connectivity index (χ1n) is 6.71. The minimum absolute atomic E-state index is 0.00509. The van der Waals surface area contributed by atoms with Crippen LogP contribution in [0, 0.1) is 0 Å². The summed E-state index contributed by atoms with van der Waals surface area (Å²) in [7, 11) is 3.51. The number of benzene rings is 1. The predicted molar refractivity (Wildman–Crippen MR) is 71.4 cm³/mol. The van der Waals surface area contributed by atoms with E-state index in [1.807, 2.05) is 0 Å². The summed E-state index contributed by atoms with van der Waals surface area (Å²) in [6.07, 6.45) is 6.54. The Bertz CT molecular complexity index is 478. The molecule has 0 aliphatic heterocycles. The second kappa shape index (κ2) is 4.16. The topological polar surface area (TPSA) is 44.5 Å². The molecule has 3 nitrogen and oxygen atoms in total. The number of hydrogen-bond acceptors (Lipinski definition) is 3. The fourth-order valence-corrected chi connectivity index (χ4v) is 3.06. The lowest BCUT2D eigenvalue weighted by Crippen LogP contribution is -2.25. The molecule has 98 valence electrons. The first kappa shape index (κ1) is 11.8. The summed E-state index contributed by atoms with van der Waals surface area (Å²) in [5.41, 5.74) is 10.1. The molecule has 0 radical (unpaired) electrons. The highest BCUT2D eigenvalue weighted by molar-refractivity contribution is 5.56. The summed E-state index contributed by atoms with van der Waals surface area (Å²) in [4.78, 5) is 0. The van der Waals surface area contributed by atoms with Gasteiger partial charge in [0.1, 0.15) is 11.5 Å². The summed E-state index contributed by atoms with van der Waals surface area (Å²) in [5.74, 6) is 2.07. The van der Waals surface area contributed by atoms with Gasteiger partial charge in [-0.05, 0) is 50.2 Å². The smallest absolute Gasteiger partial charge is 0.125 e. The molecule has 1 fully saturated rings. The van der Waals surface area contributed by atoms with Crippen molar-refractivity contribution >= 4 is 0 Å². The van der Waals surface area contributed by atoms with E-state index >= 15 is 0 Å². The number of fused-ring (bicyclic) bond motifs is 1. The lowest BCUT2D eigenvalue weighted by Gasteiger charge is -2.18. The zero-order valence-corrected chi connectivity index (χ0v) is 11.2. The quantitative estimate of drug-likeness (QED) is 0.887. The Hall–Kier alpha value is -1.22. The van der Waals surface area contributed by atoms with Crippen molar-refractivity contribution < 1.29 is 9.47 Å². The molecule has 0 saturated heterocycles. The Morgan fingerprint density at radius 1 is 1.17 bits per heavy atom. The Kier molecular flexibility index (Phi) is 2.74. The molecular formula is C15H21NO2. The summed E-state index contributed by atoms with van der Waals surface area (Å²) in [6.45, 7) is 0. The van der Waals surface area contributed by atoms with Gasteiger partial charge >= 0.3 is 0 Å². The third-order valence-corrected chi connectivity index (χ3v) is 4.25. The number of ether oxygens (including phenoxy) is 2. The van der Waals surface area contributed by atoms with Crippen LogP contribution in [0.3, 0.4) is 0 Å². The van der Waals surface area contributed by atoms with Crippen LogP contribution < -0.4 is 15.2 Å². The Labute approximate surface area is 108 Å². The highest BCUT2D eigenvalue weighted by Gasteiger charge is 2.39. The van der Waals surface area contributed by atoms with Gasteiger partial charge in [0, 0.05) is 16.7 Å². The van der Waals surface area contributed by atoms with Crippen molar-refractivity contribution in [1.82, 2.24) is 0 Å².